The Bertz CT molecular complexity index is 779. The van der Waals surface area contributed by atoms with Crippen molar-refractivity contribution in [2.75, 3.05) is 25.0 Å². The van der Waals surface area contributed by atoms with Gasteiger partial charge >= 0.3 is 0 Å². The van der Waals surface area contributed by atoms with Crippen LogP contribution < -0.4 is 10.1 Å². The Morgan fingerprint density at radius 3 is 2.89 bits per heavy atom. The molecule has 1 amide bonds. The number of ether oxygens (including phenoxy) is 1. The molecular weight excluding hydrogens is 367 g/mol. The van der Waals surface area contributed by atoms with E-state index in [0.29, 0.717) is 41.7 Å². The summed E-state index contributed by atoms with van der Waals surface area (Å²) in [5.41, 5.74) is 1.17. The summed E-state index contributed by atoms with van der Waals surface area (Å²) in [7, 11) is 0. The van der Waals surface area contributed by atoms with E-state index < -0.39 is 0 Å². The zero-order chi connectivity index (χ0) is 19.2. The number of halogens is 2. The van der Waals surface area contributed by atoms with Gasteiger partial charge in [0.2, 0.25) is 5.91 Å². The smallest absolute Gasteiger partial charge is 0.228 e. The van der Waals surface area contributed by atoms with Crippen molar-refractivity contribution in [3.05, 3.63) is 58.9 Å². The molecule has 1 N–H and O–H groups in total. The lowest BCUT2D eigenvalue weighted by atomic mass is 9.96. The highest BCUT2D eigenvalue weighted by Gasteiger charge is 2.27. The minimum Gasteiger partial charge on any atom is -0.492 e. The van der Waals surface area contributed by atoms with Crippen LogP contribution in [0.5, 0.6) is 5.75 Å². The number of carbonyl (C=O) groups is 1. The van der Waals surface area contributed by atoms with E-state index in [-0.39, 0.29) is 17.6 Å². The van der Waals surface area contributed by atoms with Crippen molar-refractivity contribution in [3.8, 4) is 5.75 Å². The van der Waals surface area contributed by atoms with E-state index in [9.17, 15) is 9.18 Å². The molecule has 6 heteroatoms. The SMILES string of the molecule is CCOc1ccccc1NC(=O)C1CCCN(Cc2c(F)cccc2Cl)C1. The van der Waals surface area contributed by atoms with E-state index >= 15 is 0 Å². The van der Waals surface area contributed by atoms with Gasteiger partial charge in [-0.2, -0.15) is 0 Å². The van der Waals surface area contributed by atoms with Crippen LogP contribution in [0.4, 0.5) is 10.1 Å². The fraction of sp³-hybridized carbons (Fsp3) is 0.381. The van der Waals surface area contributed by atoms with Gasteiger partial charge in [0.05, 0.1) is 18.2 Å². The Morgan fingerprint density at radius 2 is 2.11 bits per heavy atom. The van der Waals surface area contributed by atoms with Crippen LogP contribution in [0.2, 0.25) is 5.02 Å². The van der Waals surface area contributed by atoms with Crippen molar-refractivity contribution in [2.45, 2.75) is 26.3 Å². The Labute approximate surface area is 164 Å². The molecule has 2 aromatic rings. The third-order valence-corrected chi connectivity index (χ3v) is 5.12. The van der Waals surface area contributed by atoms with E-state index in [0.717, 1.165) is 19.4 Å². The minimum atomic E-state index is -0.306. The number of benzene rings is 2. The number of nitrogens with one attached hydrogen (secondary N) is 1. The molecule has 144 valence electrons. The number of piperidine rings is 1. The first kappa shape index (κ1) is 19.6. The van der Waals surface area contributed by atoms with Crippen LogP contribution in [-0.2, 0) is 11.3 Å². The van der Waals surface area contributed by atoms with E-state index in [1.807, 2.05) is 31.2 Å². The molecule has 1 heterocycles. The number of nitrogens with zero attached hydrogens (tertiary/aromatic N) is 1. The summed E-state index contributed by atoms with van der Waals surface area (Å²) >= 11 is 6.14. The minimum absolute atomic E-state index is 0.0357. The Hall–Kier alpha value is -2.11. The predicted octanol–water partition coefficient (Wildman–Crippen LogP) is 4.73. The zero-order valence-corrected chi connectivity index (χ0v) is 16.1. The summed E-state index contributed by atoms with van der Waals surface area (Å²) < 4.78 is 19.6. The monoisotopic (exact) mass is 390 g/mol. The third-order valence-electron chi connectivity index (χ3n) is 4.76. The number of anilines is 1. The molecule has 1 aliphatic rings. The quantitative estimate of drug-likeness (QED) is 0.775. The standard InChI is InChI=1S/C21H24ClFN2O2/c1-2-27-20-11-4-3-10-19(20)24-21(26)15-7-6-12-25(13-15)14-16-17(22)8-5-9-18(16)23/h3-5,8-11,15H,2,6-7,12-14H2,1H3,(H,24,26). The average Bonchev–Trinajstić information content (AvgIpc) is 2.67. The molecule has 1 unspecified atom stereocenters. The molecule has 3 rings (SSSR count). The number of hydrogen-bond acceptors (Lipinski definition) is 3. The number of rotatable bonds is 6. The molecule has 0 radical (unpaired) electrons. The maximum Gasteiger partial charge on any atom is 0.228 e. The average molecular weight is 391 g/mol. The summed E-state index contributed by atoms with van der Waals surface area (Å²) in [6.45, 7) is 4.25. The van der Waals surface area contributed by atoms with Gasteiger partial charge in [0, 0.05) is 23.7 Å². The highest BCUT2D eigenvalue weighted by molar-refractivity contribution is 6.31. The van der Waals surface area contributed by atoms with Crippen molar-refractivity contribution in [1.29, 1.82) is 0 Å². The summed E-state index contributed by atoms with van der Waals surface area (Å²) in [6.07, 6.45) is 1.70. The van der Waals surface area contributed by atoms with Gasteiger partial charge in [-0.1, -0.05) is 29.8 Å². The van der Waals surface area contributed by atoms with E-state index in [2.05, 4.69) is 10.2 Å². The lowest BCUT2D eigenvalue weighted by Crippen LogP contribution is -2.40. The fourth-order valence-corrected chi connectivity index (χ4v) is 3.63. The number of amides is 1. The summed E-state index contributed by atoms with van der Waals surface area (Å²) in [4.78, 5) is 14.9. The summed E-state index contributed by atoms with van der Waals surface area (Å²) in [6, 6.07) is 12.1. The van der Waals surface area contributed by atoms with Crippen LogP contribution in [0, 0.1) is 11.7 Å². The van der Waals surface area contributed by atoms with Gasteiger partial charge in [-0.15, -0.1) is 0 Å². The van der Waals surface area contributed by atoms with Gasteiger partial charge in [-0.05, 0) is 50.6 Å². The van der Waals surface area contributed by atoms with Gasteiger partial charge in [-0.25, -0.2) is 4.39 Å². The van der Waals surface area contributed by atoms with Gasteiger partial charge < -0.3 is 10.1 Å². The van der Waals surface area contributed by atoms with Gasteiger partial charge in [-0.3, -0.25) is 9.69 Å². The van der Waals surface area contributed by atoms with Gasteiger partial charge in [0.25, 0.3) is 0 Å². The van der Waals surface area contributed by atoms with E-state index in [1.54, 1.807) is 12.1 Å². The lowest BCUT2D eigenvalue weighted by molar-refractivity contribution is -0.121. The van der Waals surface area contributed by atoms with Crippen LogP contribution >= 0.6 is 11.6 Å². The molecule has 0 aliphatic carbocycles. The maximum absolute atomic E-state index is 14.1. The van der Waals surface area contributed by atoms with Gasteiger partial charge in [0.1, 0.15) is 11.6 Å². The normalized spacial score (nSPS) is 17.5. The van der Waals surface area contributed by atoms with Gasteiger partial charge in [0.15, 0.2) is 0 Å². The third kappa shape index (κ3) is 4.99. The van der Waals surface area contributed by atoms with Crippen LogP contribution in [0.25, 0.3) is 0 Å². The topological polar surface area (TPSA) is 41.6 Å². The van der Waals surface area contributed by atoms with Crippen molar-refractivity contribution < 1.29 is 13.9 Å². The highest BCUT2D eigenvalue weighted by atomic mass is 35.5. The van der Waals surface area contributed by atoms with E-state index in [1.165, 1.54) is 6.07 Å². The molecule has 1 atom stereocenters. The second kappa shape index (κ2) is 9.20. The first-order chi connectivity index (χ1) is 13.1. The predicted molar refractivity (Wildman–Crippen MR) is 106 cm³/mol. The molecule has 27 heavy (non-hydrogen) atoms. The molecule has 2 aromatic carbocycles. The maximum atomic E-state index is 14.1. The first-order valence-corrected chi connectivity index (χ1v) is 9.64. The number of para-hydroxylation sites is 2. The lowest BCUT2D eigenvalue weighted by Gasteiger charge is -2.32. The van der Waals surface area contributed by atoms with Crippen molar-refractivity contribution in [3.63, 3.8) is 0 Å². The van der Waals surface area contributed by atoms with Crippen LogP contribution in [-0.4, -0.2) is 30.5 Å². The van der Waals surface area contributed by atoms with Crippen LogP contribution in [0.3, 0.4) is 0 Å². The zero-order valence-electron chi connectivity index (χ0n) is 15.4. The Kier molecular flexibility index (Phi) is 6.69. The molecule has 0 saturated carbocycles. The molecule has 0 spiro atoms. The largest absolute Gasteiger partial charge is 0.492 e. The molecule has 0 aromatic heterocycles. The fourth-order valence-electron chi connectivity index (χ4n) is 3.41. The second-order valence-corrected chi connectivity index (χ2v) is 7.10. The first-order valence-electron chi connectivity index (χ1n) is 9.26. The van der Waals surface area contributed by atoms with Crippen LogP contribution in [0.1, 0.15) is 25.3 Å². The Balaban J connectivity index is 1.65. The molecule has 4 nitrogen and oxygen atoms in total. The second-order valence-electron chi connectivity index (χ2n) is 6.69. The number of likely N-dealkylation sites (tertiary alicyclic amines) is 1. The summed E-state index contributed by atoms with van der Waals surface area (Å²) in [5.74, 6) is 0.171. The van der Waals surface area contributed by atoms with Crippen molar-refractivity contribution in [2.24, 2.45) is 5.92 Å². The van der Waals surface area contributed by atoms with Crippen molar-refractivity contribution in [1.82, 2.24) is 4.90 Å². The Morgan fingerprint density at radius 1 is 1.30 bits per heavy atom. The molecular formula is C21H24ClFN2O2. The number of hydrogen-bond donors (Lipinski definition) is 1. The van der Waals surface area contributed by atoms with Crippen molar-refractivity contribution >= 4 is 23.2 Å². The number of carbonyl (C=O) groups excluding carboxylic acids is 1. The van der Waals surface area contributed by atoms with Crippen LogP contribution in [0.15, 0.2) is 42.5 Å². The summed E-state index contributed by atoms with van der Waals surface area (Å²) in [5, 5.41) is 3.40. The molecule has 1 fully saturated rings. The molecule has 1 aliphatic heterocycles. The molecule has 0 bridgehead atoms. The molecule has 1 saturated heterocycles. The highest BCUT2D eigenvalue weighted by Crippen LogP contribution is 2.27. The van der Waals surface area contributed by atoms with E-state index in [4.69, 9.17) is 16.3 Å².